The summed E-state index contributed by atoms with van der Waals surface area (Å²) < 4.78 is 5.33. The summed E-state index contributed by atoms with van der Waals surface area (Å²) in [5.41, 5.74) is 1.49. The lowest BCUT2D eigenvalue weighted by atomic mass is 9.99. The van der Waals surface area contributed by atoms with Crippen molar-refractivity contribution in [2.75, 3.05) is 11.4 Å². The molecule has 1 saturated heterocycles. The van der Waals surface area contributed by atoms with Crippen molar-refractivity contribution in [2.24, 2.45) is 0 Å². The van der Waals surface area contributed by atoms with Gasteiger partial charge < -0.3 is 15.0 Å². The highest BCUT2D eigenvalue weighted by Gasteiger charge is 2.29. The zero-order chi connectivity index (χ0) is 17.2. The predicted octanol–water partition coefficient (Wildman–Crippen LogP) is 2.98. The Labute approximate surface area is 138 Å². The predicted molar refractivity (Wildman–Crippen MR) is 90.7 cm³/mol. The van der Waals surface area contributed by atoms with Gasteiger partial charge in [0, 0.05) is 30.0 Å². The van der Waals surface area contributed by atoms with E-state index in [4.69, 9.17) is 4.74 Å². The molecule has 128 valence electrons. The molecule has 1 aromatic heterocycles. The van der Waals surface area contributed by atoms with Crippen molar-refractivity contribution in [1.29, 1.82) is 0 Å². The first kappa shape index (κ1) is 17.5. The van der Waals surface area contributed by atoms with Gasteiger partial charge in [0.15, 0.2) is 0 Å². The molecule has 2 rings (SSSR count). The number of ether oxygens (including phenoxy) is 1. The quantitative estimate of drug-likeness (QED) is 0.907. The number of nitrogens with zero attached hydrogens (tertiary/aromatic N) is 3. The van der Waals surface area contributed by atoms with E-state index >= 15 is 0 Å². The molecule has 0 bridgehead atoms. The highest BCUT2D eigenvalue weighted by molar-refractivity contribution is 5.68. The van der Waals surface area contributed by atoms with Gasteiger partial charge in [0.2, 0.25) is 5.95 Å². The van der Waals surface area contributed by atoms with Gasteiger partial charge in [-0.25, -0.2) is 14.8 Å². The lowest BCUT2D eigenvalue weighted by Gasteiger charge is -2.38. The standard InChI is InChI=1S/C17H28N4O2/c1-11-9-12(2)19-15(18-11)21-8-7-14(10-13(21)3)20-16(22)23-17(4,5)6/h9,13-14H,7-8,10H2,1-6H3,(H,20,22). The molecule has 1 aliphatic rings. The van der Waals surface area contributed by atoms with E-state index in [-0.39, 0.29) is 18.2 Å². The van der Waals surface area contributed by atoms with Crippen LogP contribution in [0.5, 0.6) is 0 Å². The highest BCUT2D eigenvalue weighted by Crippen LogP contribution is 2.23. The van der Waals surface area contributed by atoms with Crippen LogP contribution < -0.4 is 10.2 Å². The van der Waals surface area contributed by atoms with E-state index in [2.05, 4.69) is 27.1 Å². The van der Waals surface area contributed by atoms with Gasteiger partial charge in [0.05, 0.1) is 0 Å². The fraction of sp³-hybridized carbons (Fsp3) is 0.706. The van der Waals surface area contributed by atoms with Crippen LogP contribution in [0.3, 0.4) is 0 Å². The zero-order valence-electron chi connectivity index (χ0n) is 15.0. The molecule has 2 heterocycles. The van der Waals surface area contributed by atoms with E-state index in [0.717, 1.165) is 36.7 Å². The molecule has 2 unspecified atom stereocenters. The summed E-state index contributed by atoms with van der Waals surface area (Å²) in [6.45, 7) is 12.5. The molecule has 0 aliphatic carbocycles. The van der Waals surface area contributed by atoms with Gasteiger partial charge in [0.25, 0.3) is 0 Å². The molecular weight excluding hydrogens is 292 g/mol. The fourth-order valence-corrected chi connectivity index (χ4v) is 2.91. The van der Waals surface area contributed by atoms with E-state index in [1.54, 1.807) is 0 Å². The Morgan fingerprint density at radius 1 is 1.30 bits per heavy atom. The molecule has 0 aromatic carbocycles. The summed E-state index contributed by atoms with van der Waals surface area (Å²) in [4.78, 5) is 23.2. The van der Waals surface area contributed by atoms with Gasteiger partial charge >= 0.3 is 6.09 Å². The summed E-state index contributed by atoms with van der Waals surface area (Å²) in [5, 5.41) is 2.97. The van der Waals surface area contributed by atoms with Gasteiger partial charge in [0.1, 0.15) is 5.60 Å². The van der Waals surface area contributed by atoms with Crippen molar-refractivity contribution >= 4 is 12.0 Å². The number of hydrogen-bond donors (Lipinski definition) is 1. The molecule has 6 heteroatoms. The van der Waals surface area contributed by atoms with Crippen molar-refractivity contribution in [3.8, 4) is 0 Å². The maximum atomic E-state index is 11.9. The number of aromatic nitrogens is 2. The third kappa shape index (κ3) is 5.08. The van der Waals surface area contributed by atoms with E-state index in [9.17, 15) is 4.79 Å². The first-order valence-corrected chi connectivity index (χ1v) is 8.22. The third-order valence-electron chi connectivity index (χ3n) is 3.82. The van der Waals surface area contributed by atoms with Crippen molar-refractivity contribution in [1.82, 2.24) is 15.3 Å². The maximum absolute atomic E-state index is 11.9. The van der Waals surface area contributed by atoms with Gasteiger partial charge in [-0.3, -0.25) is 0 Å². The molecule has 1 amide bonds. The number of carbonyl (C=O) groups excluding carboxylic acids is 1. The third-order valence-corrected chi connectivity index (χ3v) is 3.82. The number of aryl methyl sites for hydroxylation is 2. The van der Waals surface area contributed by atoms with Gasteiger partial charge in [-0.1, -0.05) is 0 Å². The Morgan fingerprint density at radius 2 is 1.91 bits per heavy atom. The average Bonchev–Trinajstić information content (AvgIpc) is 2.34. The normalized spacial score (nSPS) is 21.9. The summed E-state index contributed by atoms with van der Waals surface area (Å²) in [6.07, 6.45) is 1.38. The van der Waals surface area contributed by atoms with E-state index in [1.165, 1.54) is 0 Å². The Kier molecular flexibility index (Phi) is 5.12. The number of alkyl carbamates (subject to hydrolysis) is 1. The van der Waals surface area contributed by atoms with Crippen LogP contribution in [0.15, 0.2) is 6.07 Å². The van der Waals surface area contributed by atoms with Gasteiger partial charge in [-0.15, -0.1) is 0 Å². The molecule has 0 radical (unpaired) electrons. The second-order valence-corrected chi connectivity index (χ2v) is 7.36. The molecule has 6 nitrogen and oxygen atoms in total. The van der Waals surface area contributed by atoms with Crippen molar-refractivity contribution < 1.29 is 9.53 Å². The molecule has 1 fully saturated rings. The van der Waals surface area contributed by atoms with E-state index in [1.807, 2.05) is 40.7 Å². The topological polar surface area (TPSA) is 67.4 Å². The summed E-state index contributed by atoms with van der Waals surface area (Å²) in [6, 6.07) is 2.37. The van der Waals surface area contributed by atoms with Crippen LogP contribution in [-0.4, -0.2) is 40.3 Å². The average molecular weight is 320 g/mol. The molecule has 2 atom stereocenters. The first-order valence-electron chi connectivity index (χ1n) is 8.22. The Hall–Kier alpha value is -1.85. The number of piperidine rings is 1. The van der Waals surface area contributed by atoms with Crippen LogP contribution >= 0.6 is 0 Å². The number of amides is 1. The molecule has 23 heavy (non-hydrogen) atoms. The molecule has 1 aromatic rings. The van der Waals surface area contributed by atoms with Crippen LogP contribution in [0.4, 0.5) is 10.7 Å². The minimum absolute atomic E-state index is 0.127. The summed E-state index contributed by atoms with van der Waals surface area (Å²) >= 11 is 0. The lowest BCUT2D eigenvalue weighted by molar-refractivity contribution is 0.0494. The number of rotatable bonds is 2. The van der Waals surface area contributed by atoms with Gasteiger partial charge in [-0.2, -0.15) is 0 Å². The lowest BCUT2D eigenvalue weighted by Crippen LogP contribution is -2.50. The van der Waals surface area contributed by atoms with Crippen LogP contribution in [0.25, 0.3) is 0 Å². The summed E-state index contributed by atoms with van der Waals surface area (Å²) in [7, 11) is 0. The SMILES string of the molecule is Cc1cc(C)nc(N2CCC(NC(=O)OC(C)(C)C)CC2C)n1. The van der Waals surface area contributed by atoms with Gasteiger partial charge in [-0.05, 0) is 60.5 Å². The maximum Gasteiger partial charge on any atom is 0.407 e. The minimum atomic E-state index is -0.469. The van der Waals surface area contributed by atoms with Crippen LogP contribution in [0.2, 0.25) is 0 Å². The molecule has 1 aliphatic heterocycles. The second kappa shape index (κ2) is 6.72. The monoisotopic (exact) mass is 320 g/mol. The van der Waals surface area contributed by atoms with E-state index < -0.39 is 5.60 Å². The molecule has 0 saturated carbocycles. The first-order chi connectivity index (χ1) is 10.6. The van der Waals surface area contributed by atoms with Crippen molar-refractivity contribution in [3.05, 3.63) is 17.5 Å². The minimum Gasteiger partial charge on any atom is -0.444 e. The van der Waals surface area contributed by atoms with E-state index in [0.29, 0.717) is 0 Å². The number of anilines is 1. The Balaban J connectivity index is 1.96. The van der Waals surface area contributed by atoms with Crippen molar-refractivity contribution in [3.63, 3.8) is 0 Å². The van der Waals surface area contributed by atoms with Crippen molar-refractivity contribution in [2.45, 2.75) is 72.1 Å². The molecule has 1 N–H and O–H groups in total. The fourth-order valence-electron chi connectivity index (χ4n) is 2.91. The number of nitrogens with one attached hydrogen (secondary N) is 1. The summed E-state index contributed by atoms with van der Waals surface area (Å²) in [5.74, 6) is 0.783. The molecular formula is C17H28N4O2. The van der Waals surface area contributed by atoms with Crippen LogP contribution in [-0.2, 0) is 4.74 Å². The highest BCUT2D eigenvalue weighted by atomic mass is 16.6. The molecule has 0 spiro atoms. The number of hydrogen-bond acceptors (Lipinski definition) is 5. The second-order valence-electron chi connectivity index (χ2n) is 7.36. The number of carbonyl (C=O) groups is 1. The Bertz CT molecular complexity index is 548. The Morgan fingerprint density at radius 3 is 2.43 bits per heavy atom. The largest absolute Gasteiger partial charge is 0.444 e. The zero-order valence-corrected chi connectivity index (χ0v) is 15.0. The smallest absolute Gasteiger partial charge is 0.407 e. The van der Waals surface area contributed by atoms with Crippen LogP contribution in [0.1, 0.15) is 51.9 Å². The van der Waals surface area contributed by atoms with Crippen LogP contribution in [0, 0.1) is 13.8 Å².